The van der Waals surface area contributed by atoms with E-state index in [9.17, 15) is 0 Å². The van der Waals surface area contributed by atoms with Gasteiger partial charge in [0.25, 0.3) is 0 Å². The van der Waals surface area contributed by atoms with E-state index < -0.39 is 6.29 Å². The minimum absolute atomic E-state index is 0.0938. The van der Waals surface area contributed by atoms with Crippen molar-refractivity contribution in [2.45, 2.75) is 32.0 Å². The van der Waals surface area contributed by atoms with Crippen molar-refractivity contribution in [3.63, 3.8) is 0 Å². The molecule has 2 saturated heterocycles. The van der Waals surface area contributed by atoms with Gasteiger partial charge in [0, 0.05) is 6.42 Å². The fourth-order valence-electron chi connectivity index (χ4n) is 1.28. The standard InChI is InChI=1S/C6H10O3/c1-3-2-4(7)8-6-5(3)9-6/h3-7H,2H2,1H3. The van der Waals surface area contributed by atoms with Gasteiger partial charge in [-0.25, -0.2) is 0 Å². The van der Waals surface area contributed by atoms with Gasteiger partial charge in [0.05, 0.1) is 0 Å². The van der Waals surface area contributed by atoms with Gasteiger partial charge in [-0.05, 0) is 5.92 Å². The van der Waals surface area contributed by atoms with E-state index >= 15 is 0 Å². The van der Waals surface area contributed by atoms with Gasteiger partial charge in [0.2, 0.25) is 0 Å². The second-order valence-electron chi connectivity index (χ2n) is 2.77. The van der Waals surface area contributed by atoms with Crippen LogP contribution in [0.2, 0.25) is 0 Å². The normalized spacial score (nSPS) is 56.7. The van der Waals surface area contributed by atoms with E-state index in [-0.39, 0.29) is 12.4 Å². The van der Waals surface area contributed by atoms with E-state index in [4.69, 9.17) is 14.6 Å². The van der Waals surface area contributed by atoms with E-state index in [1.807, 2.05) is 0 Å². The molecule has 3 nitrogen and oxygen atoms in total. The first-order valence-corrected chi connectivity index (χ1v) is 3.26. The highest BCUT2D eigenvalue weighted by Crippen LogP contribution is 2.38. The zero-order valence-corrected chi connectivity index (χ0v) is 5.28. The van der Waals surface area contributed by atoms with Crippen molar-refractivity contribution in [1.29, 1.82) is 0 Å². The predicted molar refractivity (Wildman–Crippen MR) is 29.5 cm³/mol. The third kappa shape index (κ3) is 0.852. The van der Waals surface area contributed by atoms with Gasteiger partial charge < -0.3 is 14.6 Å². The highest BCUT2D eigenvalue weighted by Gasteiger charge is 2.49. The van der Waals surface area contributed by atoms with Gasteiger partial charge in [-0.2, -0.15) is 0 Å². The Hall–Kier alpha value is -0.120. The first-order valence-electron chi connectivity index (χ1n) is 3.26. The van der Waals surface area contributed by atoms with Crippen LogP contribution >= 0.6 is 0 Å². The lowest BCUT2D eigenvalue weighted by molar-refractivity contribution is -0.149. The molecular weight excluding hydrogens is 120 g/mol. The number of aliphatic hydroxyl groups excluding tert-OH is 1. The van der Waals surface area contributed by atoms with Crippen molar-refractivity contribution in [2.24, 2.45) is 5.92 Å². The Kier molecular flexibility index (Phi) is 1.06. The van der Waals surface area contributed by atoms with Crippen molar-refractivity contribution in [2.75, 3.05) is 0 Å². The molecule has 52 valence electrons. The highest BCUT2D eigenvalue weighted by atomic mass is 16.8. The topological polar surface area (TPSA) is 42.0 Å². The molecule has 2 rings (SSSR count). The molecule has 0 radical (unpaired) electrons. The Morgan fingerprint density at radius 2 is 2.22 bits per heavy atom. The summed E-state index contributed by atoms with van der Waals surface area (Å²) >= 11 is 0. The Bertz CT molecular complexity index is 125. The van der Waals surface area contributed by atoms with E-state index in [1.165, 1.54) is 0 Å². The average Bonchev–Trinajstić information content (AvgIpc) is 2.43. The molecule has 0 aromatic carbocycles. The van der Waals surface area contributed by atoms with Crippen molar-refractivity contribution in [3.8, 4) is 0 Å². The van der Waals surface area contributed by atoms with Gasteiger partial charge in [-0.1, -0.05) is 6.92 Å². The average molecular weight is 130 g/mol. The smallest absolute Gasteiger partial charge is 0.187 e. The van der Waals surface area contributed by atoms with Crippen molar-refractivity contribution in [1.82, 2.24) is 0 Å². The van der Waals surface area contributed by atoms with Crippen LogP contribution in [0.15, 0.2) is 0 Å². The SMILES string of the molecule is CC1CC(O)OC2OC12. The summed E-state index contributed by atoms with van der Waals surface area (Å²) in [5, 5.41) is 8.97. The largest absolute Gasteiger partial charge is 0.368 e. The molecule has 0 aromatic heterocycles. The Morgan fingerprint density at radius 3 is 2.89 bits per heavy atom. The summed E-state index contributed by atoms with van der Waals surface area (Å²) in [7, 11) is 0. The van der Waals surface area contributed by atoms with Crippen LogP contribution < -0.4 is 0 Å². The molecule has 9 heavy (non-hydrogen) atoms. The predicted octanol–water partition coefficient (Wildman–Crippen LogP) is 0.0861. The lowest BCUT2D eigenvalue weighted by Gasteiger charge is -2.18. The Labute approximate surface area is 53.6 Å². The van der Waals surface area contributed by atoms with Gasteiger partial charge in [-0.3, -0.25) is 0 Å². The van der Waals surface area contributed by atoms with Crippen LogP contribution in [0.4, 0.5) is 0 Å². The van der Waals surface area contributed by atoms with E-state index in [0.29, 0.717) is 12.3 Å². The first-order chi connectivity index (χ1) is 4.27. The van der Waals surface area contributed by atoms with Crippen LogP contribution in [0, 0.1) is 5.92 Å². The summed E-state index contributed by atoms with van der Waals surface area (Å²) in [6.45, 7) is 2.07. The molecule has 2 aliphatic heterocycles. The molecule has 2 fully saturated rings. The van der Waals surface area contributed by atoms with Crippen LogP contribution in [0.5, 0.6) is 0 Å². The molecular formula is C6H10O3. The molecule has 4 atom stereocenters. The maximum absolute atomic E-state index is 8.97. The van der Waals surface area contributed by atoms with Crippen LogP contribution in [0.1, 0.15) is 13.3 Å². The molecule has 3 heteroatoms. The third-order valence-electron chi connectivity index (χ3n) is 1.91. The maximum Gasteiger partial charge on any atom is 0.187 e. The number of ether oxygens (including phenoxy) is 2. The van der Waals surface area contributed by atoms with Crippen molar-refractivity contribution in [3.05, 3.63) is 0 Å². The quantitative estimate of drug-likeness (QED) is 0.472. The fraction of sp³-hybridized carbons (Fsp3) is 1.00. The lowest BCUT2D eigenvalue weighted by Crippen LogP contribution is -2.27. The van der Waals surface area contributed by atoms with Gasteiger partial charge in [-0.15, -0.1) is 0 Å². The van der Waals surface area contributed by atoms with Gasteiger partial charge in [0.15, 0.2) is 12.6 Å². The second-order valence-corrected chi connectivity index (χ2v) is 2.77. The number of rotatable bonds is 0. The van der Waals surface area contributed by atoms with Crippen molar-refractivity contribution >= 4 is 0 Å². The van der Waals surface area contributed by atoms with E-state index in [2.05, 4.69) is 6.92 Å². The Balaban J connectivity index is 1.99. The van der Waals surface area contributed by atoms with Gasteiger partial charge >= 0.3 is 0 Å². The van der Waals surface area contributed by atoms with Crippen LogP contribution in [0.25, 0.3) is 0 Å². The van der Waals surface area contributed by atoms with Crippen molar-refractivity contribution < 1.29 is 14.6 Å². The summed E-state index contributed by atoms with van der Waals surface area (Å²) in [6, 6.07) is 0. The molecule has 0 saturated carbocycles. The summed E-state index contributed by atoms with van der Waals surface area (Å²) in [6.07, 6.45) is 0.294. The number of hydrogen-bond acceptors (Lipinski definition) is 3. The second kappa shape index (κ2) is 1.68. The highest BCUT2D eigenvalue weighted by molar-refractivity contribution is 4.86. The van der Waals surface area contributed by atoms with E-state index in [1.54, 1.807) is 0 Å². The minimum atomic E-state index is -0.594. The van der Waals surface area contributed by atoms with Crippen LogP contribution in [-0.4, -0.2) is 23.8 Å². The monoisotopic (exact) mass is 130 g/mol. The molecule has 4 unspecified atom stereocenters. The molecule has 0 aliphatic carbocycles. The summed E-state index contributed by atoms with van der Waals surface area (Å²) in [5.74, 6) is 0.457. The molecule has 2 aliphatic rings. The molecule has 1 N–H and O–H groups in total. The summed E-state index contributed by atoms with van der Waals surface area (Å²) in [4.78, 5) is 0. The molecule has 0 aromatic rings. The number of hydrogen-bond donors (Lipinski definition) is 1. The van der Waals surface area contributed by atoms with E-state index in [0.717, 1.165) is 0 Å². The molecule has 0 spiro atoms. The van der Waals surface area contributed by atoms with Crippen LogP contribution in [-0.2, 0) is 9.47 Å². The van der Waals surface area contributed by atoms with Gasteiger partial charge in [0.1, 0.15) is 6.10 Å². The molecule has 2 heterocycles. The fourth-order valence-corrected chi connectivity index (χ4v) is 1.28. The number of epoxide rings is 1. The first kappa shape index (κ1) is 5.65. The zero-order chi connectivity index (χ0) is 6.43. The third-order valence-corrected chi connectivity index (χ3v) is 1.91. The number of fused-ring (bicyclic) bond motifs is 1. The summed E-state index contributed by atoms with van der Waals surface area (Å²) < 4.78 is 10.0. The number of aliphatic hydroxyl groups is 1. The minimum Gasteiger partial charge on any atom is -0.368 e. The zero-order valence-electron chi connectivity index (χ0n) is 5.28. The molecule has 0 amide bonds. The lowest BCUT2D eigenvalue weighted by atomic mass is 10.0. The maximum atomic E-state index is 8.97. The molecule has 0 bridgehead atoms. The Morgan fingerprint density at radius 1 is 1.44 bits per heavy atom. The summed E-state index contributed by atoms with van der Waals surface area (Å²) in [5.41, 5.74) is 0. The van der Waals surface area contributed by atoms with Crippen LogP contribution in [0.3, 0.4) is 0 Å².